The molecule has 0 saturated heterocycles. The van der Waals surface area contributed by atoms with Crippen LogP contribution in [-0.2, 0) is 5.41 Å². The van der Waals surface area contributed by atoms with Crippen LogP contribution in [0.1, 0.15) is 11.8 Å². The second-order valence-corrected chi connectivity index (χ2v) is 6.93. The summed E-state index contributed by atoms with van der Waals surface area (Å²) in [7, 11) is 0. The Kier molecular flexibility index (Phi) is 2.78. The Balaban J connectivity index is 2.09. The lowest BCUT2D eigenvalue weighted by Crippen LogP contribution is -2.16. The van der Waals surface area contributed by atoms with Gasteiger partial charge in [0.05, 0.1) is 5.41 Å². The van der Waals surface area contributed by atoms with Crippen molar-refractivity contribution in [3.8, 4) is 0 Å². The zero-order valence-corrected chi connectivity index (χ0v) is 11.4. The largest absolute Gasteiger partial charge is 0.148 e. The lowest BCUT2D eigenvalue weighted by Gasteiger charge is -2.23. The third kappa shape index (κ3) is 1.62. The monoisotopic (exact) mass is 264 g/mol. The quantitative estimate of drug-likeness (QED) is 0.716. The van der Waals surface area contributed by atoms with Crippen LogP contribution in [0.2, 0.25) is 0 Å². The maximum atomic E-state index is 2.33. The van der Waals surface area contributed by atoms with Crippen LogP contribution in [0.3, 0.4) is 0 Å². The fourth-order valence-corrected chi connectivity index (χ4v) is 5.25. The van der Waals surface area contributed by atoms with Gasteiger partial charge in [-0.3, -0.25) is 0 Å². The molecule has 0 bridgehead atoms. The summed E-state index contributed by atoms with van der Waals surface area (Å²) in [6.45, 7) is 2.32. The SMILES string of the molecule is CC1(c2cccs2)C=CSC1=C1C=CCS1. The summed E-state index contributed by atoms with van der Waals surface area (Å²) in [4.78, 5) is 4.39. The van der Waals surface area contributed by atoms with Crippen LogP contribution in [-0.4, -0.2) is 5.75 Å². The molecule has 1 atom stereocenters. The molecule has 0 aromatic carbocycles. The fourth-order valence-electron chi connectivity index (χ4n) is 2.00. The van der Waals surface area contributed by atoms with Crippen molar-refractivity contribution in [3.05, 3.63) is 55.8 Å². The average Bonchev–Trinajstić information content (AvgIpc) is 2.99. The molecule has 3 rings (SSSR count). The van der Waals surface area contributed by atoms with Crippen LogP contribution in [0.4, 0.5) is 0 Å². The minimum absolute atomic E-state index is 0.107. The van der Waals surface area contributed by atoms with Crippen molar-refractivity contribution in [2.75, 3.05) is 5.75 Å². The average molecular weight is 264 g/mol. The van der Waals surface area contributed by atoms with Crippen LogP contribution in [0.5, 0.6) is 0 Å². The first kappa shape index (κ1) is 10.8. The van der Waals surface area contributed by atoms with E-state index in [4.69, 9.17) is 0 Å². The summed E-state index contributed by atoms with van der Waals surface area (Å²) in [5.41, 5.74) is 0.107. The van der Waals surface area contributed by atoms with Gasteiger partial charge < -0.3 is 0 Å². The van der Waals surface area contributed by atoms with E-state index in [9.17, 15) is 0 Å². The highest BCUT2D eigenvalue weighted by atomic mass is 32.2. The highest BCUT2D eigenvalue weighted by molar-refractivity contribution is 8.08. The molecule has 0 radical (unpaired) electrons. The number of rotatable bonds is 1. The Hall–Kier alpha value is -0.380. The van der Waals surface area contributed by atoms with Crippen LogP contribution in [0.25, 0.3) is 0 Å². The van der Waals surface area contributed by atoms with E-state index < -0.39 is 0 Å². The molecule has 0 nitrogen and oxygen atoms in total. The molecule has 1 aromatic rings. The maximum Gasteiger partial charge on any atom is 0.0529 e. The molecule has 3 heteroatoms. The fraction of sp³-hybridized carbons (Fsp3) is 0.231. The predicted molar refractivity (Wildman–Crippen MR) is 77.0 cm³/mol. The standard InChI is InChI=1S/C13H12S3/c1-13(11-5-3-8-15-11)6-9-16-12(13)10-4-2-7-14-10/h2-6,8-9H,7H2,1H3. The summed E-state index contributed by atoms with van der Waals surface area (Å²) in [5, 5.41) is 4.39. The van der Waals surface area contributed by atoms with E-state index in [-0.39, 0.29) is 5.41 Å². The van der Waals surface area contributed by atoms with Crippen molar-refractivity contribution in [3.63, 3.8) is 0 Å². The molecule has 0 fully saturated rings. The van der Waals surface area contributed by atoms with E-state index in [0.717, 1.165) is 5.75 Å². The van der Waals surface area contributed by atoms with Gasteiger partial charge in [0, 0.05) is 20.4 Å². The lowest BCUT2D eigenvalue weighted by atomic mass is 9.88. The zero-order valence-electron chi connectivity index (χ0n) is 8.97. The minimum atomic E-state index is 0.107. The highest BCUT2D eigenvalue weighted by Crippen LogP contribution is 2.51. The van der Waals surface area contributed by atoms with E-state index in [1.54, 1.807) is 0 Å². The molecule has 0 aliphatic carbocycles. The third-order valence-electron chi connectivity index (χ3n) is 2.92. The van der Waals surface area contributed by atoms with E-state index in [0.29, 0.717) is 0 Å². The van der Waals surface area contributed by atoms with Gasteiger partial charge >= 0.3 is 0 Å². The van der Waals surface area contributed by atoms with Crippen molar-refractivity contribution in [1.29, 1.82) is 0 Å². The molecular weight excluding hydrogens is 252 g/mol. The molecule has 0 spiro atoms. The van der Waals surface area contributed by atoms with Gasteiger partial charge in [-0.25, -0.2) is 0 Å². The topological polar surface area (TPSA) is 0 Å². The van der Waals surface area contributed by atoms with Crippen molar-refractivity contribution >= 4 is 34.9 Å². The first-order valence-corrected chi connectivity index (χ1v) is 7.97. The second kappa shape index (κ2) is 4.13. The van der Waals surface area contributed by atoms with Crippen LogP contribution in [0.15, 0.2) is 51.0 Å². The zero-order chi connectivity index (χ0) is 11.0. The molecule has 0 amide bonds. The smallest absolute Gasteiger partial charge is 0.0529 e. The van der Waals surface area contributed by atoms with Gasteiger partial charge in [0.2, 0.25) is 0 Å². The predicted octanol–water partition coefficient (Wildman–Crippen LogP) is 4.78. The Morgan fingerprint density at radius 3 is 3.00 bits per heavy atom. The van der Waals surface area contributed by atoms with E-state index in [2.05, 4.69) is 48.1 Å². The number of thiophene rings is 1. The van der Waals surface area contributed by atoms with Gasteiger partial charge in [-0.15, -0.1) is 34.9 Å². The molecule has 16 heavy (non-hydrogen) atoms. The van der Waals surface area contributed by atoms with E-state index >= 15 is 0 Å². The van der Waals surface area contributed by atoms with Crippen molar-refractivity contribution in [1.82, 2.24) is 0 Å². The maximum absolute atomic E-state index is 2.33. The van der Waals surface area contributed by atoms with Crippen LogP contribution < -0.4 is 0 Å². The lowest BCUT2D eigenvalue weighted by molar-refractivity contribution is 0.771. The van der Waals surface area contributed by atoms with Gasteiger partial charge in [0.15, 0.2) is 0 Å². The summed E-state index contributed by atoms with van der Waals surface area (Å²) < 4.78 is 0. The van der Waals surface area contributed by atoms with Gasteiger partial charge in [-0.1, -0.05) is 24.3 Å². The molecule has 2 aliphatic rings. The molecule has 0 saturated carbocycles. The first-order valence-electron chi connectivity index (χ1n) is 5.23. The van der Waals surface area contributed by atoms with Crippen LogP contribution in [0, 0.1) is 0 Å². The summed E-state index contributed by atoms with van der Waals surface area (Å²) in [6.07, 6.45) is 6.85. The van der Waals surface area contributed by atoms with Gasteiger partial charge in [-0.2, -0.15) is 0 Å². The molecular formula is C13H12S3. The number of allylic oxidation sites excluding steroid dienone is 3. The minimum Gasteiger partial charge on any atom is -0.148 e. The first-order chi connectivity index (χ1) is 7.81. The second-order valence-electron chi connectivity index (χ2n) is 4.01. The van der Waals surface area contributed by atoms with Crippen molar-refractivity contribution < 1.29 is 0 Å². The molecule has 0 N–H and O–H groups in total. The normalized spacial score (nSPS) is 32.8. The third-order valence-corrected chi connectivity index (χ3v) is 6.32. The number of hydrogen-bond donors (Lipinski definition) is 0. The summed E-state index contributed by atoms with van der Waals surface area (Å²) >= 11 is 5.68. The summed E-state index contributed by atoms with van der Waals surface area (Å²) in [6, 6.07) is 4.38. The Morgan fingerprint density at radius 1 is 1.38 bits per heavy atom. The van der Waals surface area contributed by atoms with E-state index in [1.165, 1.54) is 14.7 Å². The van der Waals surface area contributed by atoms with Gasteiger partial charge in [-0.05, 0) is 23.8 Å². The van der Waals surface area contributed by atoms with Crippen molar-refractivity contribution in [2.24, 2.45) is 0 Å². The summed E-state index contributed by atoms with van der Waals surface area (Å²) in [5.74, 6) is 1.12. The molecule has 3 heterocycles. The Morgan fingerprint density at radius 2 is 2.31 bits per heavy atom. The van der Waals surface area contributed by atoms with Crippen LogP contribution >= 0.6 is 34.9 Å². The Bertz CT molecular complexity index is 479. The molecule has 82 valence electrons. The number of thioether (sulfide) groups is 2. The highest BCUT2D eigenvalue weighted by Gasteiger charge is 2.35. The van der Waals surface area contributed by atoms with Crippen molar-refractivity contribution in [2.45, 2.75) is 12.3 Å². The Labute approximate surface area is 109 Å². The molecule has 2 aliphatic heterocycles. The molecule has 1 unspecified atom stereocenters. The number of hydrogen-bond acceptors (Lipinski definition) is 3. The van der Waals surface area contributed by atoms with Gasteiger partial charge in [0.25, 0.3) is 0 Å². The van der Waals surface area contributed by atoms with Gasteiger partial charge in [0.1, 0.15) is 0 Å². The van der Waals surface area contributed by atoms with E-state index in [1.807, 2.05) is 34.9 Å². The molecule has 1 aromatic heterocycles.